The van der Waals surface area contributed by atoms with Crippen molar-refractivity contribution in [2.75, 3.05) is 11.5 Å². The first-order valence-corrected chi connectivity index (χ1v) is 5.51. The largest absolute Gasteiger partial charge is 0.480 e. The SMILES string of the molecule is C=C[C@@H](O)CSC[C@@H](NC(C)=O)C(=O)O. The van der Waals surface area contributed by atoms with Crippen molar-refractivity contribution in [2.24, 2.45) is 0 Å². The number of hydrogen-bond donors (Lipinski definition) is 3. The van der Waals surface area contributed by atoms with Crippen LogP contribution in [0.25, 0.3) is 0 Å². The molecule has 86 valence electrons. The lowest BCUT2D eigenvalue weighted by Gasteiger charge is -2.13. The van der Waals surface area contributed by atoms with E-state index in [1.807, 2.05) is 0 Å². The summed E-state index contributed by atoms with van der Waals surface area (Å²) in [5.41, 5.74) is 0. The molecule has 2 atom stereocenters. The highest BCUT2D eigenvalue weighted by Crippen LogP contribution is 2.06. The van der Waals surface area contributed by atoms with Gasteiger partial charge in [-0.2, -0.15) is 11.8 Å². The predicted molar refractivity (Wildman–Crippen MR) is 58.8 cm³/mol. The number of nitrogens with one attached hydrogen (secondary N) is 1. The molecule has 0 radical (unpaired) electrons. The summed E-state index contributed by atoms with van der Waals surface area (Å²) in [5.74, 6) is -0.870. The van der Waals surface area contributed by atoms with Crippen LogP contribution >= 0.6 is 11.8 Å². The van der Waals surface area contributed by atoms with Crippen LogP contribution in [-0.4, -0.2) is 45.7 Å². The van der Waals surface area contributed by atoms with Gasteiger partial charge in [-0.15, -0.1) is 6.58 Å². The summed E-state index contributed by atoms with van der Waals surface area (Å²) in [6, 6.07) is -0.912. The minimum absolute atomic E-state index is 0.222. The Morgan fingerprint density at radius 1 is 1.53 bits per heavy atom. The van der Waals surface area contributed by atoms with E-state index in [2.05, 4.69) is 11.9 Å². The predicted octanol–water partition coefficient (Wildman–Crippen LogP) is -0.144. The molecule has 6 heteroatoms. The molecule has 0 rings (SSSR count). The third-order valence-corrected chi connectivity index (χ3v) is 2.67. The molecule has 0 aromatic rings. The number of thioether (sulfide) groups is 1. The summed E-state index contributed by atoms with van der Waals surface area (Å²) in [6.07, 6.45) is 0.725. The van der Waals surface area contributed by atoms with Crippen molar-refractivity contribution in [3.8, 4) is 0 Å². The average molecular weight is 233 g/mol. The Morgan fingerprint density at radius 2 is 2.13 bits per heavy atom. The molecule has 0 aromatic heterocycles. The number of carbonyl (C=O) groups is 2. The zero-order chi connectivity index (χ0) is 11.8. The number of hydrogen-bond acceptors (Lipinski definition) is 4. The summed E-state index contributed by atoms with van der Waals surface area (Å²) >= 11 is 1.25. The quantitative estimate of drug-likeness (QED) is 0.533. The minimum Gasteiger partial charge on any atom is -0.480 e. The van der Waals surface area contributed by atoms with E-state index in [1.165, 1.54) is 24.8 Å². The molecule has 5 nitrogen and oxygen atoms in total. The standard InChI is InChI=1S/C9H15NO4S/c1-3-7(12)4-15-5-8(9(13)14)10-6(2)11/h3,7-8,12H,1,4-5H2,2H3,(H,10,11)(H,13,14)/t7-,8-/m1/s1. The van der Waals surface area contributed by atoms with Crippen LogP contribution in [0.15, 0.2) is 12.7 Å². The molecule has 1 amide bonds. The molecule has 0 fully saturated rings. The smallest absolute Gasteiger partial charge is 0.327 e. The highest BCUT2D eigenvalue weighted by Gasteiger charge is 2.18. The molecule has 15 heavy (non-hydrogen) atoms. The Morgan fingerprint density at radius 3 is 2.53 bits per heavy atom. The molecule has 0 spiro atoms. The van der Waals surface area contributed by atoms with E-state index in [9.17, 15) is 9.59 Å². The highest BCUT2D eigenvalue weighted by molar-refractivity contribution is 7.99. The van der Waals surface area contributed by atoms with E-state index in [-0.39, 0.29) is 11.7 Å². The second-order valence-electron chi connectivity index (χ2n) is 2.93. The van der Waals surface area contributed by atoms with Crippen molar-refractivity contribution in [3.05, 3.63) is 12.7 Å². The van der Waals surface area contributed by atoms with Crippen LogP contribution in [0.2, 0.25) is 0 Å². The Labute approximate surface area is 92.6 Å². The van der Waals surface area contributed by atoms with Crippen molar-refractivity contribution >= 4 is 23.6 Å². The second-order valence-corrected chi connectivity index (χ2v) is 4.01. The van der Waals surface area contributed by atoms with Crippen LogP contribution in [0.5, 0.6) is 0 Å². The van der Waals surface area contributed by atoms with Crippen LogP contribution in [0.1, 0.15) is 6.92 Å². The fraction of sp³-hybridized carbons (Fsp3) is 0.556. The Bertz CT molecular complexity index is 244. The first kappa shape index (κ1) is 14.0. The average Bonchev–Trinajstić information content (AvgIpc) is 2.15. The number of carboxylic acid groups (broad SMARTS) is 1. The summed E-state index contributed by atoms with van der Waals surface area (Å²) in [5, 5.41) is 20.2. The molecule has 3 N–H and O–H groups in total. The van der Waals surface area contributed by atoms with Gasteiger partial charge in [0.05, 0.1) is 6.10 Å². The second kappa shape index (κ2) is 7.30. The van der Waals surface area contributed by atoms with Crippen LogP contribution in [0.4, 0.5) is 0 Å². The summed E-state index contributed by atoms with van der Waals surface area (Å²) in [6.45, 7) is 4.66. The fourth-order valence-electron chi connectivity index (χ4n) is 0.795. The maximum Gasteiger partial charge on any atom is 0.327 e. The van der Waals surface area contributed by atoms with Gasteiger partial charge in [0, 0.05) is 18.4 Å². The van der Waals surface area contributed by atoms with Crippen LogP contribution in [0, 0.1) is 0 Å². The van der Waals surface area contributed by atoms with Gasteiger partial charge in [-0.1, -0.05) is 6.08 Å². The van der Waals surface area contributed by atoms with Crippen LogP contribution in [0.3, 0.4) is 0 Å². The number of carboxylic acids is 1. The lowest BCUT2D eigenvalue weighted by Crippen LogP contribution is -2.41. The molecule has 0 aliphatic carbocycles. The van der Waals surface area contributed by atoms with E-state index in [4.69, 9.17) is 10.2 Å². The third kappa shape index (κ3) is 6.98. The third-order valence-electron chi connectivity index (χ3n) is 1.52. The molecule has 0 aliphatic rings. The summed E-state index contributed by atoms with van der Waals surface area (Å²) in [7, 11) is 0. The van der Waals surface area contributed by atoms with E-state index < -0.39 is 18.1 Å². The van der Waals surface area contributed by atoms with E-state index in [0.29, 0.717) is 5.75 Å². The Balaban J connectivity index is 3.91. The highest BCUT2D eigenvalue weighted by atomic mass is 32.2. The zero-order valence-corrected chi connectivity index (χ0v) is 9.29. The molecule has 0 aromatic carbocycles. The van der Waals surface area contributed by atoms with E-state index >= 15 is 0 Å². The van der Waals surface area contributed by atoms with Crippen molar-refractivity contribution in [3.63, 3.8) is 0 Å². The summed E-state index contributed by atoms with van der Waals surface area (Å²) < 4.78 is 0. The van der Waals surface area contributed by atoms with Gasteiger partial charge in [-0.3, -0.25) is 4.79 Å². The number of aliphatic hydroxyl groups is 1. The first-order chi connectivity index (χ1) is 6.97. The van der Waals surface area contributed by atoms with Crippen molar-refractivity contribution in [1.82, 2.24) is 5.32 Å². The summed E-state index contributed by atoms with van der Waals surface area (Å²) in [4.78, 5) is 21.3. The van der Waals surface area contributed by atoms with Gasteiger partial charge in [0.2, 0.25) is 5.91 Å². The fourth-order valence-corrected chi connectivity index (χ4v) is 1.77. The zero-order valence-electron chi connectivity index (χ0n) is 8.47. The van der Waals surface area contributed by atoms with Gasteiger partial charge in [0.15, 0.2) is 0 Å². The number of rotatable bonds is 7. The lowest BCUT2D eigenvalue weighted by molar-refractivity contribution is -0.140. The van der Waals surface area contributed by atoms with Gasteiger partial charge in [0.1, 0.15) is 6.04 Å². The van der Waals surface area contributed by atoms with Crippen molar-refractivity contribution in [2.45, 2.75) is 19.1 Å². The van der Waals surface area contributed by atoms with Crippen molar-refractivity contribution in [1.29, 1.82) is 0 Å². The molecule has 0 saturated heterocycles. The van der Waals surface area contributed by atoms with Gasteiger partial charge >= 0.3 is 5.97 Å². The van der Waals surface area contributed by atoms with Gasteiger partial charge in [-0.05, 0) is 0 Å². The van der Waals surface area contributed by atoms with E-state index in [1.54, 1.807) is 0 Å². The molecule has 0 aliphatic heterocycles. The normalized spacial score (nSPS) is 14.0. The maximum atomic E-state index is 10.7. The topological polar surface area (TPSA) is 86.6 Å². The molecule has 0 unspecified atom stereocenters. The van der Waals surface area contributed by atoms with Crippen LogP contribution < -0.4 is 5.32 Å². The van der Waals surface area contributed by atoms with Gasteiger partial charge in [0.25, 0.3) is 0 Å². The molecular weight excluding hydrogens is 218 g/mol. The number of carbonyl (C=O) groups excluding carboxylic acids is 1. The molecular formula is C9H15NO4S. The van der Waals surface area contributed by atoms with Gasteiger partial charge < -0.3 is 15.5 Å². The van der Waals surface area contributed by atoms with Crippen LogP contribution in [-0.2, 0) is 9.59 Å². The Hall–Kier alpha value is -1.01. The lowest BCUT2D eigenvalue weighted by atomic mass is 10.3. The number of aliphatic carboxylic acids is 1. The Kier molecular flexibility index (Phi) is 6.81. The number of aliphatic hydroxyl groups excluding tert-OH is 1. The monoisotopic (exact) mass is 233 g/mol. The van der Waals surface area contributed by atoms with E-state index in [0.717, 1.165) is 0 Å². The molecule has 0 saturated carbocycles. The first-order valence-electron chi connectivity index (χ1n) is 4.35. The van der Waals surface area contributed by atoms with Gasteiger partial charge in [-0.25, -0.2) is 4.79 Å². The minimum atomic E-state index is -1.08. The van der Waals surface area contributed by atoms with Crippen molar-refractivity contribution < 1.29 is 19.8 Å². The molecule has 0 bridgehead atoms. The molecule has 0 heterocycles. The maximum absolute atomic E-state index is 10.7. The number of amides is 1.